The maximum Gasteiger partial charge on any atom is 0.251 e. The van der Waals surface area contributed by atoms with Crippen molar-refractivity contribution in [2.45, 2.75) is 56.3 Å². The normalized spacial score (nSPS) is 17.5. The fraction of sp³-hybridized carbons (Fsp3) is 0.400. The number of nitrogens with zero attached hydrogens (tertiary/aromatic N) is 2. The molecule has 5 rings (SSSR count). The first-order chi connectivity index (χ1) is 16.6. The third-order valence-electron chi connectivity index (χ3n) is 6.30. The summed E-state index contributed by atoms with van der Waals surface area (Å²) in [6, 6.07) is 10.1. The van der Waals surface area contributed by atoms with Crippen LogP contribution in [0.2, 0.25) is 0 Å². The highest BCUT2D eigenvalue weighted by atomic mass is 32.2. The van der Waals surface area contributed by atoms with Crippen LogP contribution in [0.5, 0.6) is 0 Å². The number of aromatic nitrogens is 2. The molecule has 0 bridgehead atoms. The molecule has 1 fully saturated rings. The van der Waals surface area contributed by atoms with E-state index in [2.05, 4.69) is 27.0 Å². The summed E-state index contributed by atoms with van der Waals surface area (Å²) >= 11 is 2.88. The van der Waals surface area contributed by atoms with E-state index in [1.54, 1.807) is 0 Å². The highest BCUT2D eigenvalue weighted by molar-refractivity contribution is 7.99. The van der Waals surface area contributed by atoms with Gasteiger partial charge >= 0.3 is 0 Å². The van der Waals surface area contributed by atoms with E-state index in [-0.39, 0.29) is 17.8 Å². The van der Waals surface area contributed by atoms with Gasteiger partial charge in [0, 0.05) is 11.5 Å². The van der Waals surface area contributed by atoms with E-state index in [0.717, 1.165) is 67.1 Å². The van der Waals surface area contributed by atoms with Gasteiger partial charge in [-0.2, -0.15) is 0 Å². The molecule has 1 atom stereocenters. The van der Waals surface area contributed by atoms with Crippen molar-refractivity contribution >= 4 is 39.9 Å². The quantitative estimate of drug-likeness (QED) is 0.448. The molecule has 2 aromatic heterocycles. The predicted octanol–water partition coefficient (Wildman–Crippen LogP) is 4.50. The van der Waals surface area contributed by atoms with Crippen LogP contribution >= 0.6 is 23.1 Å². The van der Waals surface area contributed by atoms with Crippen molar-refractivity contribution in [1.82, 2.24) is 9.55 Å². The summed E-state index contributed by atoms with van der Waals surface area (Å²) < 4.78 is 8.03. The number of primary amides is 1. The molecular formula is C25H28N4O3S2. The van der Waals surface area contributed by atoms with Crippen LogP contribution in [0.25, 0.3) is 11.3 Å². The average molecular weight is 497 g/mol. The smallest absolute Gasteiger partial charge is 0.251 e. The molecule has 2 amide bonds. The summed E-state index contributed by atoms with van der Waals surface area (Å²) in [6.45, 7) is 1.50. The molecule has 34 heavy (non-hydrogen) atoms. The molecule has 0 spiro atoms. The Balaban J connectivity index is 1.32. The number of fused-ring (bicyclic) bond motifs is 1. The van der Waals surface area contributed by atoms with E-state index in [4.69, 9.17) is 10.5 Å². The molecule has 3 heterocycles. The fourth-order valence-corrected chi connectivity index (χ4v) is 6.79. The van der Waals surface area contributed by atoms with Crippen molar-refractivity contribution < 1.29 is 14.3 Å². The van der Waals surface area contributed by atoms with E-state index in [1.165, 1.54) is 28.0 Å². The molecule has 0 radical (unpaired) electrons. The second kappa shape index (κ2) is 10.3. The van der Waals surface area contributed by atoms with E-state index in [1.807, 2.05) is 24.4 Å². The van der Waals surface area contributed by atoms with Gasteiger partial charge in [0.25, 0.3) is 5.91 Å². The van der Waals surface area contributed by atoms with Gasteiger partial charge in [0.05, 0.1) is 35.9 Å². The zero-order valence-corrected chi connectivity index (χ0v) is 20.6. The molecule has 2 aliphatic rings. The van der Waals surface area contributed by atoms with Gasteiger partial charge in [0.15, 0.2) is 5.16 Å². The van der Waals surface area contributed by atoms with Gasteiger partial charge in [0.1, 0.15) is 5.00 Å². The van der Waals surface area contributed by atoms with Gasteiger partial charge in [-0.1, -0.05) is 42.1 Å². The Morgan fingerprint density at radius 2 is 2.03 bits per heavy atom. The van der Waals surface area contributed by atoms with Gasteiger partial charge < -0.3 is 20.4 Å². The number of hydrogen-bond acceptors (Lipinski definition) is 6. The van der Waals surface area contributed by atoms with Crippen molar-refractivity contribution in [2.75, 3.05) is 17.7 Å². The topological polar surface area (TPSA) is 99.2 Å². The van der Waals surface area contributed by atoms with Crippen LogP contribution in [-0.4, -0.2) is 39.8 Å². The molecule has 1 aliphatic carbocycles. The van der Waals surface area contributed by atoms with Gasteiger partial charge in [-0.3, -0.25) is 9.59 Å². The number of thioether (sulfide) groups is 1. The second-order valence-corrected chi connectivity index (χ2v) is 10.7. The summed E-state index contributed by atoms with van der Waals surface area (Å²) in [7, 11) is 0. The number of ether oxygens (including phenoxy) is 1. The number of anilines is 1. The lowest BCUT2D eigenvalue weighted by molar-refractivity contribution is -0.113. The van der Waals surface area contributed by atoms with E-state index in [9.17, 15) is 9.59 Å². The molecule has 178 valence electrons. The Hall–Kier alpha value is -2.62. The fourth-order valence-electron chi connectivity index (χ4n) is 4.69. The van der Waals surface area contributed by atoms with Crippen LogP contribution in [0, 0.1) is 0 Å². The Kier molecular flexibility index (Phi) is 7.03. The van der Waals surface area contributed by atoms with Crippen LogP contribution < -0.4 is 11.1 Å². The van der Waals surface area contributed by atoms with Crippen LogP contribution in [0.1, 0.15) is 46.5 Å². The van der Waals surface area contributed by atoms with Gasteiger partial charge in [-0.05, 0) is 49.7 Å². The number of imidazole rings is 1. The lowest BCUT2D eigenvalue weighted by Gasteiger charge is -2.16. The maximum absolute atomic E-state index is 12.9. The molecule has 1 aliphatic heterocycles. The minimum atomic E-state index is -0.470. The molecule has 1 saturated heterocycles. The van der Waals surface area contributed by atoms with Gasteiger partial charge in [-0.15, -0.1) is 11.3 Å². The molecule has 7 nitrogen and oxygen atoms in total. The lowest BCUT2D eigenvalue weighted by atomic mass is 9.95. The lowest BCUT2D eigenvalue weighted by Crippen LogP contribution is -2.20. The largest absolute Gasteiger partial charge is 0.376 e. The number of nitrogens with two attached hydrogens (primary N) is 1. The van der Waals surface area contributed by atoms with Crippen molar-refractivity contribution in [3.05, 3.63) is 52.5 Å². The highest BCUT2D eigenvalue weighted by Gasteiger charge is 2.25. The monoisotopic (exact) mass is 496 g/mol. The maximum atomic E-state index is 12.9. The van der Waals surface area contributed by atoms with Crippen molar-refractivity contribution in [1.29, 1.82) is 0 Å². The van der Waals surface area contributed by atoms with Crippen molar-refractivity contribution in [3.8, 4) is 11.3 Å². The number of hydrogen-bond donors (Lipinski definition) is 2. The number of carbonyl (C=O) groups excluding carboxylic acids is 2. The minimum Gasteiger partial charge on any atom is -0.376 e. The number of rotatable bonds is 8. The van der Waals surface area contributed by atoms with Crippen molar-refractivity contribution in [2.24, 2.45) is 5.73 Å². The number of thiophene rings is 1. The first-order valence-corrected chi connectivity index (χ1v) is 13.5. The summed E-state index contributed by atoms with van der Waals surface area (Å²) in [5.74, 6) is -0.446. The zero-order chi connectivity index (χ0) is 23.5. The number of aryl methyl sites for hydroxylation is 1. The number of carbonyl (C=O) groups is 2. The third-order valence-corrected chi connectivity index (χ3v) is 8.50. The highest BCUT2D eigenvalue weighted by Crippen LogP contribution is 2.38. The SMILES string of the molecule is NC(=O)c1c(NC(=O)CSc2ncc(-c3ccccc3)n2CC2CCCO2)sc2c1CCCC2. The molecule has 1 aromatic carbocycles. The Bertz CT molecular complexity index is 1180. The van der Waals surface area contributed by atoms with Gasteiger partial charge in [0.2, 0.25) is 5.91 Å². The Labute approximate surface area is 207 Å². The first-order valence-electron chi connectivity index (χ1n) is 11.7. The summed E-state index contributed by atoms with van der Waals surface area (Å²) in [5, 5.41) is 4.31. The Morgan fingerprint density at radius 1 is 1.21 bits per heavy atom. The molecule has 3 N–H and O–H groups in total. The number of amides is 2. The summed E-state index contributed by atoms with van der Waals surface area (Å²) in [5.41, 5.74) is 9.27. The molecule has 3 aromatic rings. The molecule has 0 saturated carbocycles. The minimum absolute atomic E-state index is 0.153. The molecular weight excluding hydrogens is 468 g/mol. The van der Waals surface area contributed by atoms with Crippen LogP contribution in [0.4, 0.5) is 5.00 Å². The Morgan fingerprint density at radius 3 is 2.79 bits per heavy atom. The van der Waals surface area contributed by atoms with E-state index < -0.39 is 5.91 Å². The predicted molar refractivity (Wildman–Crippen MR) is 135 cm³/mol. The van der Waals surface area contributed by atoms with Crippen LogP contribution in [0.3, 0.4) is 0 Å². The summed E-state index contributed by atoms with van der Waals surface area (Å²) in [6.07, 6.45) is 8.04. The second-order valence-electron chi connectivity index (χ2n) is 8.65. The molecule has 1 unspecified atom stereocenters. The zero-order valence-electron chi connectivity index (χ0n) is 18.9. The van der Waals surface area contributed by atoms with Crippen LogP contribution in [-0.2, 0) is 28.9 Å². The molecule has 9 heteroatoms. The van der Waals surface area contributed by atoms with E-state index >= 15 is 0 Å². The van der Waals surface area contributed by atoms with E-state index in [0.29, 0.717) is 17.1 Å². The first kappa shape index (κ1) is 23.1. The van der Waals surface area contributed by atoms with Crippen molar-refractivity contribution in [3.63, 3.8) is 0 Å². The standard InChI is InChI=1S/C25H28N4O3S2/c26-23(31)22-18-10-4-5-11-20(18)34-24(22)28-21(30)15-33-25-27-13-19(16-7-2-1-3-8-16)29(25)14-17-9-6-12-32-17/h1-3,7-8,13,17H,4-6,9-12,14-15H2,(H2,26,31)(H,28,30). The number of benzene rings is 1. The third kappa shape index (κ3) is 4.92. The van der Waals surface area contributed by atoms with Crippen LogP contribution in [0.15, 0.2) is 41.7 Å². The number of nitrogens with one attached hydrogen (secondary N) is 1. The average Bonchev–Trinajstić information content (AvgIpc) is 3.57. The van der Waals surface area contributed by atoms with Gasteiger partial charge in [-0.25, -0.2) is 4.98 Å². The summed E-state index contributed by atoms with van der Waals surface area (Å²) in [4.78, 5) is 30.8.